The number of amides is 4. The summed E-state index contributed by atoms with van der Waals surface area (Å²) in [5.41, 5.74) is 1.17. The van der Waals surface area contributed by atoms with Crippen molar-refractivity contribution in [3.8, 4) is 5.75 Å². The number of pyridine rings is 1. The van der Waals surface area contributed by atoms with Gasteiger partial charge < -0.3 is 10.2 Å². The normalized spacial score (nSPS) is 27.0. The predicted octanol–water partition coefficient (Wildman–Crippen LogP) is 5.88. The van der Waals surface area contributed by atoms with E-state index in [0.29, 0.717) is 39.0 Å². The molecule has 52 heavy (non-hydrogen) atoms. The fourth-order valence-electron chi connectivity index (χ4n) is 8.53. The number of carboxylic acid groups (broad SMARTS) is 1. The second-order valence-corrected chi connectivity index (χ2v) is 14.2. The van der Waals surface area contributed by atoms with E-state index in [1.54, 1.807) is 43.3 Å². The Morgan fingerprint density at radius 2 is 1.75 bits per heavy atom. The number of hydrazine groups is 1. The number of alkyl halides is 3. The summed E-state index contributed by atoms with van der Waals surface area (Å²) in [5.74, 6) is -9.53. The molecule has 6 unspecified atom stereocenters. The highest BCUT2D eigenvalue weighted by atomic mass is 35.5. The molecule has 2 aromatic carbocycles. The number of aromatic nitrogens is 1. The quantitative estimate of drug-likeness (QED) is 0.198. The monoisotopic (exact) mass is 756 g/mol. The molecule has 6 atom stereocenters. The van der Waals surface area contributed by atoms with Crippen LogP contribution in [-0.2, 0) is 35.6 Å². The highest BCUT2D eigenvalue weighted by Gasteiger charge is 2.70. The second kappa shape index (κ2) is 12.6. The van der Waals surface area contributed by atoms with E-state index in [-0.39, 0.29) is 30.7 Å². The number of para-hydroxylation sites is 1. The molecule has 0 radical (unpaired) electrons. The number of carbonyl (C=O) groups is 5. The summed E-state index contributed by atoms with van der Waals surface area (Å²) in [4.78, 5) is 73.4. The van der Waals surface area contributed by atoms with E-state index in [2.05, 4.69) is 10.4 Å². The number of aromatic hydroxyl groups is 1. The van der Waals surface area contributed by atoms with Gasteiger partial charge in [0.2, 0.25) is 11.8 Å². The molecule has 1 aromatic heterocycles. The Hall–Kier alpha value is -4.95. The van der Waals surface area contributed by atoms with Crippen LogP contribution in [0.2, 0.25) is 10.0 Å². The van der Waals surface area contributed by atoms with Crippen LogP contribution < -0.4 is 5.43 Å². The molecular weight excluding hydrogens is 728 g/mol. The van der Waals surface area contributed by atoms with Gasteiger partial charge in [-0.1, -0.05) is 65.2 Å². The highest BCUT2D eigenvalue weighted by Crippen LogP contribution is 2.65. The van der Waals surface area contributed by atoms with Crippen molar-refractivity contribution >= 4 is 58.6 Å². The molecule has 2 saturated heterocycles. The largest absolute Gasteiger partial charge is 0.507 e. The number of phenols is 1. The van der Waals surface area contributed by atoms with E-state index >= 15 is 4.79 Å². The number of nitrogens with zero attached hydrogens (tertiary/aromatic N) is 3. The van der Waals surface area contributed by atoms with Gasteiger partial charge in [-0.15, -0.1) is 0 Å². The molecule has 3 fully saturated rings. The predicted molar refractivity (Wildman–Crippen MR) is 179 cm³/mol. The van der Waals surface area contributed by atoms with Crippen LogP contribution in [0.1, 0.15) is 47.4 Å². The molecular formula is C36H29Cl2F3N4O7. The summed E-state index contributed by atoms with van der Waals surface area (Å²) < 4.78 is 40.2. The van der Waals surface area contributed by atoms with Crippen LogP contribution in [0.25, 0.3) is 0 Å². The Balaban J connectivity index is 1.42. The maximum atomic E-state index is 15.2. The summed E-state index contributed by atoms with van der Waals surface area (Å²) in [5, 5.41) is 21.4. The van der Waals surface area contributed by atoms with Crippen LogP contribution in [0.15, 0.2) is 66.4 Å². The van der Waals surface area contributed by atoms with Gasteiger partial charge in [0.15, 0.2) is 5.82 Å². The van der Waals surface area contributed by atoms with Gasteiger partial charge >= 0.3 is 12.1 Å². The average Bonchev–Trinajstić information content (AvgIpc) is 3.46. The number of benzene rings is 2. The van der Waals surface area contributed by atoms with E-state index in [1.165, 1.54) is 12.1 Å². The molecule has 2 aliphatic heterocycles. The van der Waals surface area contributed by atoms with Crippen LogP contribution in [0.5, 0.6) is 5.75 Å². The van der Waals surface area contributed by atoms with Gasteiger partial charge in [-0.25, -0.2) is 4.98 Å². The molecule has 16 heteroatoms. The summed E-state index contributed by atoms with van der Waals surface area (Å²) in [6, 6.07) is 11.8. The average molecular weight is 758 g/mol. The summed E-state index contributed by atoms with van der Waals surface area (Å²) >= 11 is 12.5. The molecule has 11 nitrogen and oxygen atoms in total. The molecule has 4 aliphatic rings. The number of aryl methyl sites for hydroxylation is 1. The van der Waals surface area contributed by atoms with Crippen LogP contribution in [-0.4, -0.2) is 61.2 Å². The molecule has 3 heterocycles. The van der Waals surface area contributed by atoms with Crippen molar-refractivity contribution in [2.75, 3.05) is 12.0 Å². The smallest absolute Gasteiger partial charge is 0.417 e. The third-order valence-corrected chi connectivity index (χ3v) is 11.3. The number of nitrogens with one attached hydrogen (secondary N) is 1. The number of carboxylic acids is 1. The van der Waals surface area contributed by atoms with Gasteiger partial charge in [-0.2, -0.15) is 18.2 Å². The number of hydrogen-bond acceptors (Lipinski definition) is 8. The molecule has 4 amide bonds. The molecule has 3 aromatic rings. The minimum atomic E-state index is -4.77. The lowest BCUT2D eigenvalue weighted by Crippen LogP contribution is -2.53. The van der Waals surface area contributed by atoms with E-state index in [9.17, 15) is 42.6 Å². The number of likely N-dealkylation sites (tertiary alicyclic amines) is 1. The van der Waals surface area contributed by atoms with Gasteiger partial charge in [0.25, 0.3) is 11.8 Å². The first-order valence-electron chi connectivity index (χ1n) is 16.3. The van der Waals surface area contributed by atoms with Crippen molar-refractivity contribution in [2.45, 2.75) is 43.7 Å². The van der Waals surface area contributed by atoms with Crippen molar-refractivity contribution in [3.05, 3.63) is 98.7 Å². The standard InChI is InChI=1S/C36H29Cl2F3N4O7/c1-16-3-2-4-22(29(16)48)28-20-9-10-21-27(33(51)44(31(21)49)12-11-26(46)47)23(20)14-24-32(50)45(34(52)35(24,28)17-5-7-19(37)8-6-17)43-30-25(38)13-18(15-42-30)36(39,40)41/h2-9,13,15,21,23-24,27-28,48H,10-12,14H2,1H3,(H,42,43)(H,46,47). The Morgan fingerprint density at radius 3 is 2.40 bits per heavy atom. The van der Waals surface area contributed by atoms with Crippen LogP contribution in [0, 0.1) is 30.6 Å². The number of halogens is 5. The number of fused-ring (bicyclic) bond motifs is 4. The zero-order valence-corrected chi connectivity index (χ0v) is 28.7. The molecule has 1 saturated carbocycles. The van der Waals surface area contributed by atoms with Gasteiger partial charge in [-0.05, 0) is 55.0 Å². The number of rotatable bonds is 7. The van der Waals surface area contributed by atoms with Gasteiger partial charge in [0.1, 0.15) is 5.75 Å². The van der Waals surface area contributed by atoms with E-state index in [0.717, 1.165) is 4.90 Å². The van der Waals surface area contributed by atoms with Crippen LogP contribution >= 0.6 is 23.2 Å². The number of phenolic OH excluding ortho intramolecular Hbond substituents is 1. The van der Waals surface area contributed by atoms with Crippen molar-refractivity contribution in [3.63, 3.8) is 0 Å². The molecule has 3 N–H and O–H groups in total. The zero-order chi connectivity index (χ0) is 37.4. The zero-order valence-electron chi connectivity index (χ0n) is 27.2. The topological polar surface area (TPSA) is 157 Å². The van der Waals surface area contributed by atoms with Crippen LogP contribution in [0.3, 0.4) is 0 Å². The molecule has 0 spiro atoms. The Kier molecular flexibility index (Phi) is 8.61. The lowest BCUT2D eigenvalue weighted by molar-refractivity contribution is -0.143. The number of hydrogen-bond donors (Lipinski definition) is 3. The maximum Gasteiger partial charge on any atom is 0.417 e. The first kappa shape index (κ1) is 35.5. The van der Waals surface area contributed by atoms with E-state index < -0.39 is 93.6 Å². The summed E-state index contributed by atoms with van der Waals surface area (Å²) in [6.45, 7) is 1.32. The van der Waals surface area contributed by atoms with Gasteiger partial charge in [0.05, 0.1) is 40.2 Å². The first-order chi connectivity index (χ1) is 24.6. The minimum absolute atomic E-state index is 0.0737. The first-order valence-corrected chi connectivity index (χ1v) is 17.0. The lowest BCUT2D eigenvalue weighted by atomic mass is 9.49. The molecule has 7 rings (SSSR count). The lowest BCUT2D eigenvalue weighted by Gasteiger charge is -2.50. The second-order valence-electron chi connectivity index (χ2n) is 13.4. The van der Waals surface area contributed by atoms with E-state index in [1.807, 2.05) is 0 Å². The number of anilines is 1. The highest BCUT2D eigenvalue weighted by molar-refractivity contribution is 6.33. The summed E-state index contributed by atoms with van der Waals surface area (Å²) in [6.07, 6.45) is -3.01. The van der Waals surface area contributed by atoms with Crippen LogP contribution in [0.4, 0.5) is 19.0 Å². The number of imide groups is 2. The van der Waals surface area contributed by atoms with Crippen molar-refractivity contribution in [1.29, 1.82) is 0 Å². The molecule has 2 aliphatic carbocycles. The third-order valence-electron chi connectivity index (χ3n) is 10.8. The van der Waals surface area contributed by atoms with Gasteiger partial charge in [-0.3, -0.25) is 34.3 Å². The Bertz CT molecular complexity index is 2090. The molecule has 270 valence electrons. The minimum Gasteiger partial charge on any atom is -0.507 e. The maximum absolute atomic E-state index is 15.2. The SMILES string of the molecule is Cc1cccc(C2C3=CCC4C(=O)N(CCC(=O)O)C(=O)C4C3CC3C(=O)N(Nc4ncc(C(F)(F)F)cc4Cl)C(=O)C32c2ccc(Cl)cc2)c1O. The van der Waals surface area contributed by atoms with Gasteiger partial charge in [0, 0.05) is 29.2 Å². The molecule has 0 bridgehead atoms. The fraction of sp³-hybridized carbons (Fsp3) is 0.333. The van der Waals surface area contributed by atoms with E-state index in [4.69, 9.17) is 23.2 Å². The number of carbonyl (C=O) groups excluding carboxylic acids is 4. The Morgan fingerprint density at radius 1 is 1.04 bits per heavy atom. The number of allylic oxidation sites excluding steroid dienone is 2. The van der Waals surface area contributed by atoms with Crippen molar-refractivity contribution < 1.29 is 47.4 Å². The Labute approximate surface area is 304 Å². The fourth-order valence-corrected chi connectivity index (χ4v) is 8.87. The van der Waals surface area contributed by atoms with Crippen molar-refractivity contribution in [2.24, 2.45) is 23.7 Å². The van der Waals surface area contributed by atoms with Crippen molar-refractivity contribution in [1.82, 2.24) is 14.9 Å². The summed E-state index contributed by atoms with van der Waals surface area (Å²) in [7, 11) is 0. The number of aliphatic carboxylic acids is 1. The third kappa shape index (κ3) is 5.33.